The van der Waals surface area contributed by atoms with Crippen molar-refractivity contribution in [3.8, 4) is 0 Å². The molecule has 0 unspecified atom stereocenters. The van der Waals surface area contributed by atoms with Crippen molar-refractivity contribution in [2.45, 2.75) is 19.5 Å². The highest BCUT2D eigenvalue weighted by Gasteiger charge is 2.21. The van der Waals surface area contributed by atoms with Gasteiger partial charge in [0, 0.05) is 42.7 Å². The summed E-state index contributed by atoms with van der Waals surface area (Å²) in [5.74, 6) is -1.14. The molecule has 4 nitrogen and oxygen atoms in total. The van der Waals surface area contributed by atoms with Crippen LogP contribution in [0, 0.1) is 5.82 Å². The average Bonchev–Trinajstić information content (AvgIpc) is 2.94. The smallest absolute Gasteiger partial charge is 0.335 e. The number of aromatic nitrogens is 1. The minimum atomic E-state index is -0.911. The summed E-state index contributed by atoms with van der Waals surface area (Å²) in [6.45, 7) is 2.43. The Morgan fingerprint density at radius 3 is 2.75 bits per heavy atom. The minimum Gasteiger partial charge on any atom is -0.478 e. The van der Waals surface area contributed by atoms with E-state index in [1.54, 1.807) is 12.1 Å². The molecule has 0 spiro atoms. The molecule has 0 bridgehead atoms. The Labute approximate surface area is 138 Å². The lowest BCUT2D eigenvalue weighted by Gasteiger charge is -2.27. The van der Waals surface area contributed by atoms with Crippen LogP contribution in [0.1, 0.15) is 27.2 Å². The van der Waals surface area contributed by atoms with Crippen LogP contribution in [0.5, 0.6) is 0 Å². The van der Waals surface area contributed by atoms with Crippen LogP contribution in [0.2, 0.25) is 0 Å². The molecule has 4 rings (SSSR count). The highest BCUT2D eigenvalue weighted by Crippen LogP contribution is 2.29. The first-order valence-corrected chi connectivity index (χ1v) is 7.94. The van der Waals surface area contributed by atoms with Crippen molar-refractivity contribution in [2.24, 2.45) is 0 Å². The van der Waals surface area contributed by atoms with Gasteiger partial charge in [-0.1, -0.05) is 12.1 Å². The third kappa shape index (κ3) is 2.67. The number of aromatic amines is 1. The summed E-state index contributed by atoms with van der Waals surface area (Å²) in [6, 6.07) is 11.8. The van der Waals surface area contributed by atoms with E-state index < -0.39 is 5.97 Å². The fourth-order valence-corrected chi connectivity index (χ4v) is 3.39. The van der Waals surface area contributed by atoms with Gasteiger partial charge in [-0.05, 0) is 41.5 Å². The van der Waals surface area contributed by atoms with Gasteiger partial charge in [0.05, 0.1) is 5.56 Å². The van der Waals surface area contributed by atoms with Crippen molar-refractivity contribution in [2.75, 3.05) is 6.54 Å². The normalized spacial score (nSPS) is 14.7. The van der Waals surface area contributed by atoms with E-state index in [4.69, 9.17) is 0 Å². The van der Waals surface area contributed by atoms with E-state index in [9.17, 15) is 14.3 Å². The molecule has 2 N–H and O–H groups in total. The number of carbonyl (C=O) groups is 1. The zero-order valence-corrected chi connectivity index (χ0v) is 13.1. The second kappa shape index (κ2) is 5.76. The van der Waals surface area contributed by atoms with Crippen molar-refractivity contribution in [1.29, 1.82) is 0 Å². The lowest BCUT2D eigenvalue weighted by Crippen LogP contribution is -2.29. The number of nitrogens with one attached hydrogen (secondary N) is 1. The van der Waals surface area contributed by atoms with E-state index in [0.717, 1.165) is 42.5 Å². The SMILES string of the molecule is O=C(O)c1ccc2[nH]c3c(c2c1)CN(Cc1ccc(F)cc1)CC3. The number of fused-ring (bicyclic) bond motifs is 3. The average molecular weight is 324 g/mol. The summed E-state index contributed by atoms with van der Waals surface area (Å²) in [7, 11) is 0. The van der Waals surface area contributed by atoms with Crippen molar-refractivity contribution in [3.63, 3.8) is 0 Å². The lowest BCUT2D eigenvalue weighted by molar-refractivity contribution is 0.0697. The molecule has 0 atom stereocenters. The van der Waals surface area contributed by atoms with Gasteiger partial charge >= 0.3 is 5.97 Å². The summed E-state index contributed by atoms with van der Waals surface area (Å²) >= 11 is 0. The zero-order chi connectivity index (χ0) is 16.7. The number of benzene rings is 2. The van der Waals surface area contributed by atoms with Crippen LogP contribution in [0.25, 0.3) is 10.9 Å². The van der Waals surface area contributed by atoms with Gasteiger partial charge in [-0.15, -0.1) is 0 Å². The minimum absolute atomic E-state index is 0.225. The summed E-state index contributed by atoms with van der Waals surface area (Å²) < 4.78 is 13.0. The highest BCUT2D eigenvalue weighted by atomic mass is 19.1. The topological polar surface area (TPSA) is 56.3 Å². The maximum Gasteiger partial charge on any atom is 0.335 e. The first-order chi connectivity index (χ1) is 11.6. The number of rotatable bonds is 3. The summed E-state index contributed by atoms with van der Waals surface area (Å²) in [5, 5.41) is 10.2. The van der Waals surface area contributed by atoms with Crippen LogP contribution in [-0.4, -0.2) is 27.5 Å². The number of aromatic carboxylic acids is 1. The van der Waals surface area contributed by atoms with Crippen molar-refractivity contribution < 1.29 is 14.3 Å². The number of hydrogen-bond acceptors (Lipinski definition) is 2. The molecular weight excluding hydrogens is 307 g/mol. The molecule has 5 heteroatoms. The Kier molecular flexibility index (Phi) is 3.58. The molecule has 0 fully saturated rings. The van der Waals surface area contributed by atoms with Crippen molar-refractivity contribution >= 4 is 16.9 Å². The van der Waals surface area contributed by atoms with E-state index in [1.165, 1.54) is 23.4 Å². The maximum atomic E-state index is 13.0. The summed E-state index contributed by atoms with van der Waals surface area (Å²) in [4.78, 5) is 16.9. The monoisotopic (exact) mass is 324 g/mol. The number of halogens is 1. The standard InChI is InChI=1S/C19H17FN2O2/c20-14-4-1-12(2-5-14)10-22-8-7-18-16(11-22)15-9-13(19(23)24)3-6-17(15)21-18/h1-6,9,21H,7-8,10-11H2,(H,23,24). The molecule has 1 aromatic heterocycles. The van der Waals surface area contributed by atoms with Crippen LogP contribution >= 0.6 is 0 Å². The first kappa shape index (κ1) is 14.9. The Hall–Kier alpha value is -2.66. The maximum absolute atomic E-state index is 13.0. The van der Waals surface area contributed by atoms with E-state index in [0.29, 0.717) is 5.56 Å². The van der Waals surface area contributed by atoms with E-state index >= 15 is 0 Å². The Morgan fingerprint density at radius 1 is 1.21 bits per heavy atom. The Bertz CT molecular complexity index is 915. The van der Waals surface area contributed by atoms with Crippen molar-refractivity contribution in [1.82, 2.24) is 9.88 Å². The number of nitrogens with zero attached hydrogens (tertiary/aromatic N) is 1. The largest absolute Gasteiger partial charge is 0.478 e. The molecule has 1 aliphatic rings. The summed E-state index contributed by atoms with van der Waals surface area (Å²) in [6.07, 6.45) is 0.896. The van der Waals surface area contributed by atoms with E-state index in [2.05, 4.69) is 9.88 Å². The zero-order valence-electron chi connectivity index (χ0n) is 13.1. The second-order valence-electron chi connectivity index (χ2n) is 6.23. The highest BCUT2D eigenvalue weighted by molar-refractivity contribution is 5.95. The van der Waals surface area contributed by atoms with Gasteiger partial charge in [-0.25, -0.2) is 9.18 Å². The van der Waals surface area contributed by atoms with Gasteiger partial charge in [0.2, 0.25) is 0 Å². The van der Waals surface area contributed by atoms with E-state index in [-0.39, 0.29) is 5.82 Å². The molecule has 24 heavy (non-hydrogen) atoms. The Balaban J connectivity index is 1.63. The number of carboxylic acids is 1. The molecule has 0 saturated heterocycles. The number of H-pyrrole nitrogens is 1. The lowest BCUT2D eigenvalue weighted by atomic mass is 10.0. The quantitative estimate of drug-likeness (QED) is 0.774. The number of carboxylic acid groups (broad SMARTS) is 1. The van der Waals surface area contributed by atoms with Gasteiger partial charge in [0.1, 0.15) is 5.82 Å². The third-order valence-electron chi connectivity index (χ3n) is 4.62. The van der Waals surface area contributed by atoms with Crippen LogP contribution in [-0.2, 0) is 19.5 Å². The van der Waals surface area contributed by atoms with Crippen LogP contribution < -0.4 is 0 Å². The van der Waals surface area contributed by atoms with Gasteiger partial charge in [0.25, 0.3) is 0 Å². The van der Waals surface area contributed by atoms with E-state index in [1.807, 2.05) is 18.2 Å². The van der Waals surface area contributed by atoms with Gasteiger partial charge < -0.3 is 10.1 Å². The fourth-order valence-electron chi connectivity index (χ4n) is 3.39. The third-order valence-corrected chi connectivity index (χ3v) is 4.62. The molecule has 1 aliphatic heterocycles. The fraction of sp³-hybridized carbons (Fsp3) is 0.211. The molecule has 0 saturated carbocycles. The molecule has 2 heterocycles. The predicted octanol–water partition coefficient (Wildman–Crippen LogP) is 3.56. The molecule has 0 radical (unpaired) electrons. The molecule has 2 aromatic carbocycles. The second-order valence-corrected chi connectivity index (χ2v) is 6.23. The summed E-state index contributed by atoms with van der Waals surface area (Å²) in [5.41, 5.74) is 4.71. The molecule has 0 amide bonds. The predicted molar refractivity (Wildman–Crippen MR) is 89.5 cm³/mol. The molecular formula is C19H17FN2O2. The van der Waals surface area contributed by atoms with Gasteiger partial charge in [-0.2, -0.15) is 0 Å². The van der Waals surface area contributed by atoms with Crippen LogP contribution in [0.3, 0.4) is 0 Å². The van der Waals surface area contributed by atoms with Crippen LogP contribution in [0.15, 0.2) is 42.5 Å². The molecule has 3 aromatic rings. The van der Waals surface area contributed by atoms with Crippen molar-refractivity contribution in [3.05, 3.63) is 70.7 Å². The number of hydrogen-bond donors (Lipinski definition) is 2. The van der Waals surface area contributed by atoms with Crippen LogP contribution in [0.4, 0.5) is 4.39 Å². The van der Waals surface area contributed by atoms with Gasteiger partial charge in [-0.3, -0.25) is 4.90 Å². The van der Waals surface area contributed by atoms with Gasteiger partial charge in [0.15, 0.2) is 0 Å². The molecule has 0 aliphatic carbocycles. The Morgan fingerprint density at radius 2 is 2.00 bits per heavy atom. The first-order valence-electron chi connectivity index (χ1n) is 7.94. The molecule has 122 valence electrons.